The molecule has 98 valence electrons. The molecular formula is C14H22N4. The fourth-order valence-corrected chi connectivity index (χ4v) is 2.15. The van der Waals surface area contributed by atoms with Gasteiger partial charge >= 0.3 is 0 Å². The zero-order valence-electron chi connectivity index (χ0n) is 11.7. The molecule has 4 heteroatoms. The highest BCUT2D eigenvalue weighted by molar-refractivity contribution is 5.83. The van der Waals surface area contributed by atoms with Crippen molar-refractivity contribution in [1.82, 2.24) is 9.80 Å². The van der Waals surface area contributed by atoms with Gasteiger partial charge in [0, 0.05) is 47.0 Å². The van der Waals surface area contributed by atoms with E-state index >= 15 is 0 Å². The van der Waals surface area contributed by atoms with Crippen LogP contribution < -0.4 is 4.90 Å². The molecule has 0 N–H and O–H groups in total. The van der Waals surface area contributed by atoms with Crippen LogP contribution in [-0.4, -0.2) is 57.0 Å². The fourth-order valence-electron chi connectivity index (χ4n) is 2.15. The average molecular weight is 246 g/mol. The summed E-state index contributed by atoms with van der Waals surface area (Å²) < 4.78 is 0. The first-order valence-corrected chi connectivity index (χ1v) is 6.36. The standard InChI is InChI=1S/C14H22N4/c1-16(2)13-8-6-12(7-9-13)15-14-17(3)10-5-11-18(14)4/h6-9H,5,10-11H2,1-4H3. The molecule has 0 aliphatic carbocycles. The van der Waals surface area contributed by atoms with Crippen LogP contribution in [-0.2, 0) is 0 Å². The van der Waals surface area contributed by atoms with Gasteiger partial charge in [-0.25, -0.2) is 4.99 Å². The Morgan fingerprint density at radius 3 is 2.06 bits per heavy atom. The number of hydrogen-bond acceptors (Lipinski definition) is 2. The smallest absolute Gasteiger partial charge is 0.201 e. The van der Waals surface area contributed by atoms with Crippen molar-refractivity contribution in [3.8, 4) is 0 Å². The van der Waals surface area contributed by atoms with Crippen LogP contribution in [0.15, 0.2) is 29.3 Å². The van der Waals surface area contributed by atoms with Crippen molar-refractivity contribution in [2.45, 2.75) is 6.42 Å². The Morgan fingerprint density at radius 1 is 1.00 bits per heavy atom. The summed E-state index contributed by atoms with van der Waals surface area (Å²) in [5.41, 5.74) is 2.21. The van der Waals surface area contributed by atoms with Crippen molar-refractivity contribution in [1.29, 1.82) is 0 Å². The lowest BCUT2D eigenvalue weighted by molar-refractivity contribution is 0.319. The molecule has 1 heterocycles. The van der Waals surface area contributed by atoms with E-state index in [0.29, 0.717) is 0 Å². The number of nitrogens with zero attached hydrogens (tertiary/aromatic N) is 4. The molecule has 0 spiro atoms. The Labute approximate surface area is 110 Å². The molecule has 0 bridgehead atoms. The molecule has 1 fully saturated rings. The SMILES string of the molecule is CN1CCCN(C)C1=Nc1ccc(N(C)C)cc1. The molecule has 18 heavy (non-hydrogen) atoms. The summed E-state index contributed by atoms with van der Waals surface area (Å²) in [5, 5.41) is 0. The summed E-state index contributed by atoms with van der Waals surface area (Å²) in [6.07, 6.45) is 1.20. The van der Waals surface area contributed by atoms with E-state index in [9.17, 15) is 0 Å². The molecule has 0 saturated carbocycles. The summed E-state index contributed by atoms with van der Waals surface area (Å²) >= 11 is 0. The second-order valence-electron chi connectivity index (χ2n) is 5.02. The van der Waals surface area contributed by atoms with Crippen LogP contribution in [0.4, 0.5) is 11.4 Å². The van der Waals surface area contributed by atoms with Gasteiger partial charge in [0.15, 0.2) is 0 Å². The van der Waals surface area contributed by atoms with Crippen LogP contribution in [0.1, 0.15) is 6.42 Å². The summed E-state index contributed by atoms with van der Waals surface area (Å²) in [4.78, 5) is 11.2. The number of rotatable bonds is 2. The highest BCUT2D eigenvalue weighted by atomic mass is 15.4. The van der Waals surface area contributed by atoms with E-state index in [2.05, 4.69) is 53.1 Å². The topological polar surface area (TPSA) is 22.1 Å². The number of anilines is 1. The van der Waals surface area contributed by atoms with Crippen LogP contribution >= 0.6 is 0 Å². The molecule has 4 nitrogen and oxygen atoms in total. The minimum absolute atomic E-state index is 1.01. The summed E-state index contributed by atoms with van der Waals surface area (Å²) in [7, 11) is 8.29. The third kappa shape index (κ3) is 2.75. The van der Waals surface area contributed by atoms with Crippen molar-refractivity contribution < 1.29 is 0 Å². The lowest BCUT2D eigenvalue weighted by atomic mass is 10.2. The van der Waals surface area contributed by atoms with E-state index < -0.39 is 0 Å². The Balaban J connectivity index is 2.20. The molecule has 0 unspecified atom stereocenters. The first-order valence-electron chi connectivity index (χ1n) is 6.36. The zero-order valence-corrected chi connectivity index (χ0v) is 11.7. The first-order chi connectivity index (χ1) is 8.58. The van der Waals surface area contributed by atoms with Crippen molar-refractivity contribution in [2.75, 3.05) is 46.2 Å². The summed E-state index contributed by atoms with van der Waals surface area (Å²) in [6.45, 7) is 2.16. The highest BCUT2D eigenvalue weighted by Gasteiger charge is 2.17. The average Bonchev–Trinajstić information content (AvgIpc) is 2.34. The van der Waals surface area contributed by atoms with Gasteiger partial charge in [0.25, 0.3) is 0 Å². The molecule has 1 aliphatic heterocycles. The van der Waals surface area contributed by atoms with Crippen LogP contribution in [0, 0.1) is 0 Å². The minimum atomic E-state index is 1.01. The molecule has 0 atom stereocenters. The van der Waals surface area contributed by atoms with Crippen molar-refractivity contribution >= 4 is 17.3 Å². The molecular weight excluding hydrogens is 224 g/mol. The Hall–Kier alpha value is -1.71. The van der Waals surface area contributed by atoms with Crippen molar-refractivity contribution in [3.63, 3.8) is 0 Å². The molecule has 0 amide bonds. The molecule has 1 saturated heterocycles. The van der Waals surface area contributed by atoms with Gasteiger partial charge in [-0.1, -0.05) is 0 Å². The number of guanidine groups is 1. The van der Waals surface area contributed by atoms with Gasteiger partial charge in [0.2, 0.25) is 5.96 Å². The predicted molar refractivity (Wildman–Crippen MR) is 77.7 cm³/mol. The number of aliphatic imine (C=N–C) groups is 1. The van der Waals surface area contributed by atoms with Gasteiger partial charge < -0.3 is 14.7 Å². The predicted octanol–water partition coefficient (Wildman–Crippen LogP) is 2.01. The van der Waals surface area contributed by atoms with E-state index in [1.807, 2.05) is 14.1 Å². The minimum Gasteiger partial charge on any atom is -0.378 e. The number of benzene rings is 1. The Kier molecular flexibility index (Phi) is 3.75. The number of hydrogen-bond donors (Lipinski definition) is 0. The van der Waals surface area contributed by atoms with E-state index in [1.54, 1.807) is 0 Å². The van der Waals surface area contributed by atoms with E-state index in [1.165, 1.54) is 12.1 Å². The zero-order chi connectivity index (χ0) is 13.1. The third-order valence-corrected chi connectivity index (χ3v) is 3.27. The normalized spacial score (nSPS) is 15.9. The summed E-state index contributed by atoms with van der Waals surface area (Å²) in [5.74, 6) is 1.05. The van der Waals surface area contributed by atoms with E-state index in [4.69, 9.17) is 4.99 Å². The highest BCUT2D eigenvalue weighted by Crippen LogP contribution is 2.19. The maximum atomic E-state index is 4.73. The van der Waals surface area contributed by atoms with Crippen LogP contribution in [0.2, 0.25) is 0 Å². The van der Waals surface area contributed by atoms with Crippen molar-refractivity contribution in [2.24, 2.45) is 4.99 Å². The molecule has 0 aromatic heterocycles. The monoisotopic (exact) mass is 246 g/mol. The molecule has 1 aromatic rings. The van der Waals surface area contributed by atoms with Gasteiger partial charge in [-0.15, -0.1) is 0 Å². The second-order valence-corrected chi connectivity index (χ2v) is 5.02. The molecule has 1 aromatic carbocycles. The molecule has 2 rings (SSSR count). The van der Waals surface area contributed by atoms with Gasteiger partial charge in [-0.05, 0) is 30.7 Å². The van der Waals surface area contributed by atoms with Gasteiger partial charge in [-0.3, -0.25) is 0 Å². The second kappa shape index (κ2) is 5.29. The Bertz CT molecular complexity index is 410. The third-order valence-electron chi connectivity index (χ3n) is 3.27. The maximum absolute atomic E-state index is 4.73. The lowest BCUT2D eigenvalue weighted by Crippen LogP contribution is -2.46. The van der Waals surface area contributed by atoms with Gasteiger partial charge in [-0.2, -0.15) is 0 Å². The van der Waals surface area contributed by atoms with Gasteiger partial charge in [0.05, 0.1) is 5.69 Å². The van der Waals surface area contributed by atoms with Gasteiger partial charge in [0.1, 0.15) is 0 Å². The van der Waals surface area contributed by atoms with Crippen LogP contribution in [0.25, 0.3) is 0 Å². The Morgan fingerprint density at radius 2 is 1.56 bits per heavy atom. The van der Waals surface area contributed by atoms with Crippen LogP contribution in [0.5, 0.6) is 0 Å². The lowest BCUT2D eigenvalue weighted by Gasteiger charge is -2.34. The van der Waals surface area contributed by atoms with Crippen molar-refractivity contribution in [3.05, 3.63) is 24.3 Å². The first kappa shape index (κ1) is 12.7. The van der Waals surface area contributed by atoms with E-state index in [-0.39, 0.29) is 0 Å². The van der Waals surface area contributed by atoms with Crippen LogP contribution in [0.3, 0.4) is 0 Å². The maximum Gasteiger partial charge on any atom is 0.201 e. The molecule has 0 radical (unpaired) electrons. The summed E-state index contributed by atoms with van der Waals surface area (Å²) in [6, 6.07) is 8.33. The molecule has 1 aliphatic rings. The fraction of sp³-hybridized carbons (Fsp3) is 0.500. The largest absolute Gasteiger partial charge is 0.378 e. The quantitative estimate of drug-likeness (QED) is 0.797. The van der Waals surface area contributed by atoms with E-state index in [0.717, 1.165) is 24.7 Å².